The van der Waals surface area contributed by atoms with Crippen LogP contribution in [-0.4, -0.2) is 54.6 Å². The highest BCUT2D eigenvalue weighted by Crippen LogP contribution is 2.24. The maximum atomic E-state index is 11.4. The van der Waals surface area contributed by atoms with Crippen molar-refractivity contribution in [3.8, 4) is 0 Å². The zero-order valence-corrected chi connectivity index (χ0v) is 8.23. The van der Waals surface area contributed by atoms with Gasteiger partial charge in [-0.2, -0.15) is 0 Å². The lowest BCUT2D eigenvalue weighted by atomic mass is 10.3. The molecule has 0 bridgehead atoms. The van der Waals surface area contributed by atoms with Crippen LogP contribution in [0.4, 0.5) is 4.79 Å². The molecule has 5 heteroatoms. The van der Waals surface area contributed by atoms with E-state index in [1.54, 1.807) is 11.9 Å². The number of carbonyl (C=O) groups is 2. The normalized spacial score (nSPS) is 22.5. The molecule has 1 heterocycles. The van der Waals surface area contributed by atoms with E-state index >= 15 is 0 Å². The molecule has 0 spiro atoms. The number of nitrogens with zero attached hydrogens (tertiary/aromatic N) is 2. The number of carbonyl (C=O) groups excluding carboxylic acids is 2. The molecule has 0 aromatic carbocycles. The van der Waals surface area contributed by atoms with Crippen LogP contribution < -0.4 is 0 Å². The van der Waals surface area contributed by atoms with E-state index in [0.29, 0.717) is 13.1 Å². The summed E-state index contributed by atoms with van der Waals surface area (Å²) < 4.78 is 5.10. The van der Waals surface area contributed by atoms with Gasteiger partial charge in [0.2, 0.25) is 5.91 Å². The van der Waals surface area contributed by atoms with Crippen molar-refractivity contribution in [2.45, 2.75) is 18.9 Å². The summed E-state index contributed by atoms with van der Waals surface area (Å²) in [5.74, 6) is -0.0241. The van der Waals surface area contributed by atoms with Gasteiger partial charge in [-0.3, -0.25) is 9.69 Å². The number of likely N-dealkylation sites (N-methyl/N-ethyl adjacent to an activating group) is 1. The van der Waals surface area contributed by atoms with Gasteiger partial charge in [-0.15, -0.1) is 0 Å². The fourth-order valence-electron chi connectivity index (χ4n) is 1.32. The molecule has 0 radical (unpaired) electrons. The van der Waals surface area contributed by atoms with E-state index in [2.05, 4.69) is 0 Å². The first-order valence-corrected chi connectivity index (χ1v) is 4.86. The van der Waals surface area contributed by atoms with Crippen molar-refractivity contribution in [3.05, 3.63) is 0 Å². The monoisotopic (exact) mass is 198 g/mol. The Labute approximate surface area is 82.6 Å². The van der Waals surface area contributed by atoms with Gasteiger partial charge in [-0.1, -0.05) is 0 Å². The molecule has 2 rings (SSSR count). The zero-order valence-electron chi connectivity index (χ0n) is 8.23. The molecule has 2 fully saturated rings. The molecule has 0 atom stereocenters. The topological polar surface area (TPSA) is 49.9 Å². The van der Waals surface area contributed by atoms with Crippen LogP contribution in [0.15, 0.2) is 0 Å². The van der Waals surface area contributed by atoms with Crippen LogP contribution in [0.5, 0.6) is 0 Å². The van der Waals surface area contributed by atoms with Crippen LogP contribution in [0.25, 0.3) is 0 Å². The summed E-state index contributed by atoms with van der Waals surface area (Å²) in [5.41, 5.74) is 0. The zero-order chi connectivity index (χ0) is 10.1. The second-order valence-corrected chi connectivity index (χ2v) is 3.82. The average molecular weight is 198 g/mol. The van der Waals surface area contributed by atoms with Crippen molar-refractivity contribution in [1.29, 1.82) is 0 Å². The number of rotatable bonds is 1. The number of ether oxygens (including phenoxy) is 1. The van der Waals surface area contributed by atoms with Crippen molar-refractivity contribution in [3.63, 3.8) is 0 Å². The lowest BCUT2D eigenvalue weighted by Crippen LogP contribution is -2.50. The third-order valence-corrected chi connectivity index (χ3v) is 2.51. The Morgan fingerprint density at radius 3 is 2.71 bits per heavy atom. The predicted molar refractivity (Wildman–Crippen MR) is 48.7 cm³/mol. The second-order valence-electron chi connectivity index (χ2n) is 3.82. The number of hydrogen-bond acceptors (Lipinski definition) is 3. The summed E-state index contributed by atoms with van der Waals surface area (Å²) in [7, 11) is 1.74. The smallest absolute Gasteiger partial charge is 0.410 e. The first-order valence-electron chi connectivity index (χ1n) is 4.86. The quantitative estimate of drug-likeness (QED) is 0.598. The van der Waals surface area contributed by atoms with E-state index in [4.69, 9.17) is 4.74 Å². The van der Waals surface area contributed by atoms with Gasteiger partial charge in [0.1, 0.15) is 12.6 Å². The number of piperazine rings is 1. The molecule has 5 nitrogen and oxygen atoms in total. The van der Waals surface area contributed by atoms with E-state index in [9.17, 15) is 9.59 Å². The largest absolute Gasteiger partial charge is 0.446 e. The molecule has 1 aliphatic carbocycles. The Morgan fingerprint density at radius 1 is 1.43 bits per heavy atom. The Morgan fingerprint density at radius 2 is 2.14 bits per heavy atom. The highest BCUT2D eigenvalue weighted by molar-refractivity contribution is 5.83. The van der Waals surface area contributed by atoms with Crippen LogP contribution in [0.2, 0.25) is 0 Å². The number of amides is 2. The van der Waals surface area contributed by atoms with E-state index in [-0.39, 0.29) is 24.6 Å². The third-order valence-electron chi connectivity index (χ3n) is 2.51. The van der Waals surface area contributed by atoms with Crippen LogP contribution >= 0.6 is 0 Å². The van der Waals surface area contributed by atoms with Gasteiger partial charge in [-0.05, 0) is 12.8 Å². The molecule has 2 aliphatic rings. The highest BCUT2D eigenvalue weighted by atomic mass is 16.6. The summed E-state index contributed by atoms with van der Waals surface area (Å²) in [6, 6.07) is 0. The van der Waals surface area contributed by atoms with Crippen LogP contribution in [0.3, 0.4) is 0 Å². The number of hydrogen-bond donors (Lipinski definition) is 0. The van der Waals surface area contributed by atoms with Crippen LogP contribution in [0, 0.1) is 0 Å². The molecule has 1 saturated carbocycles. The van der Waals surface area contributed by atoms with Crippen LogP contribution in [-0.2, 0) is 9.53 Å². The third kappa shape index (κ3) is 1.97. The second kappa shape index (κ2) is 3.48. The van der Waals surface area contributed by atoms with E-state index in [0.717, 1.165) is 12.8 Å². The summed E-state index contributed by atoms with van der Waals surface area (Å²) >= 11 is 0. The highest BCUT2D eigenvalue weighted by Gasteiger charge is 2.31. The fraction of sp³-hybridized carbons (Fsp3) is 0.778. The van der Waals surface area contributed by atoms with Gasteiger partial charge >= 0.3 is 6.09 Å². The van der Waals surface area contributed by atoms with E-state index < -0.39 is 0 Å². The fourth-order valence-corrected chi connectivity index (χ4v) is 1.32. The standard InChI is InChI=1S/C9H14N2O3/c1-10-4-5-11(6-8(10)12)9(13)14-7-2-3-7/h7H,2-6H2,1H3. The molecule has 2 amide bonds. The molecule has 0 aromatic heterocycles. The minimum Gasteiger partial charge on any atom is -0.446 e. The minimum absolute atomic E-state index is 0.0241. The van der Waals surface area contributed by atoms with Crippen molar-refractivity contribution < 1.29 is 14.3 Å². The van der Waals surface area contributed by atoms with Crippen molar-refractivity contribution >= 4 is 12.0 Å². The van der Waals surface area contributed by atoms with E-state index in [1.807, 2.05) is 0 Å². The molecule has 0 unspecified atom stereocenters. The van der Waals surface area contributed by atoms with Crippen molar-refractivity contribution in [2.24, 2.45) is 0 Å². The molecule has 14 heavy (non-hydrogen) atoms. The molecular formula is C9H14N2O3. The molecule has 0 aromatic rings. The summed E-state index contributed by atoms with van der Waals surface area (Å²) in [4.78, 5) is 25.8. The van der Waals surface area contributed by atoms with Gasteiger partial charge in [-0.25, -0.2) is 4.79 Å². The average Bonchev–Trinajstić information content (AvgIpc) is 2.93. The molecule has 0 N–H and O–H groups in total. The lowest BCUT2D eigenvalue weighted by molar-refractivity contribution is -0.133. The first kappa shape index (κ1) is 9.30. The minimum atomic E-state index is -0.339. The molecule has 78 valence electrons. The first-order chi connectivity index (χ1) is 6.66. The Hall–Kier alpha value is -1.26. The SMILES string of the molecule is CN1CCN(C(=O)OC2CC2)CC1=O. The van der Waals surface area contributed by atoms with Crippen LogP contribution in [0.1, 0.15) is 12.8 Å². The van der Waals surface area contributed by atoms with Crippen molar-refractivity contribution in [1.82, 2.24) is 9.80 Å². The summed E-state index contributed by atoms with van der Waals surface area (Å²) in [5, 5.41) is 0. The maximum absolute atomic E-state index is 11.4. The van der Waals surface area contributed by atoms with Gasteiger partial charge in [0.25, 0.3) is 0 Å². The van der Waals surface area contributed by atoms with Gasteiger partial charge < -0.3 is 9.64 Å². The summed E-state index contributed by atoms with van der Waals surface area (Å²) in [6.07, 6.45) is 1.70. The summed E-state index contributed by atoms with van der Waals surface area (Å²) in [6.45, 7) is 1.33. The van der Waals surface area contributed by atoms with E-state index in [1.165, 1.54) is 4.90 Å². The lowest BCUT2D eigenvalue weighted by Gasteiger charge is -2.31. The molecule has 1 saturated heterocycles. The van der Waals surface area contributed by atoms with Gasteiger partial charge in [0, 0.05) is 20.1 Å². The molecular weight excluding hydrogens is 184 g/mol. The van der Waals surface area contributed by atoms with Crippen molar-refractivity contribution in [2.75, 3.05) is 26.7 Å². The molecule has 1 aliphatic heterocycles. The van der Waals surface area contributed by atoms with Gasteiger partial charge in [0.15, 0.2) is 0 Å². The maximum Gasteiger partial charge on any atom is 0.410 e. The Bertz CT molecular complexity index is 263. The Balaban J connectivity index is 1.85. The predicted octanol–water partition coefficient (Wildman–Crippen LogP) is 0.0594. The van der Waals surface area contributed by atoms with Gasteiger partial charge in [0.05, 0.1) is 0 Å². The Kier molecular flexibility index (Phi) is 2.31.